The van der Waals surface area contributed by atoms with Gasteiger partial charge in [0.25, 0.3) is 0 Å². The van der Waals surface area contributed by atoms with Gasteiger partial charge >= 0.3 is 0 Å². The number of halogens is 2. The fourth-order valence-electron chi connectivity index (χ4n) is 1.37. The summed E-state index contributed by atoms with van der Waals surface area (Å²) in [5.74, 6) is 0.487. The maximum Gasteiger partial charge on any atom is 0.156 e. The van der Waals surface area contributed by atoms with E-state index < -0.39 is 0 Å². The van der Waals surface area contributed by atoms with Crippen molar-refractivity contribution in [2.75, 3.05) is 12.5 Å². The Morgan fingerprint density at radius 1 is 1.24 bits per heavy atom. The second kappa shape index (κ2) is 5.25. The normalized spacial score (nSPS) is 10.3. The first-order valence-electron chi connectivity index (χ1n) is 4.81. The maximum absolute atomic E-state index is 6.03. The molecule has 0 spiro atoms. The molecule has 0 atom stereocenters. The van der Waals surface area contributed by atoms with Gasteiger partial charge in [-0.2, -0.15) is 0 Å². The van der Waals surface area contributed by atoms with Crippen LogP contribution >= 0.6 is 23.2 Å². The van der Waals surface area contributed by atoms with E-state index in [9.17, 15) is 0 Å². The van der Waals surface area contributed by atoms with Crippen LogP contribution in [0.3, 0.4) is 0 Å². The molecule has 0 aliphatic rings. The highest BCUT2D eigenvalue weighted by molar-refractivity contribution is 6.37. The van der Waals surface area contributed by atoms with Crippen LogP contribution in [0.25, 0.3) is 0 Å². The molecule has 0 saturated carbocycles. The van der Waals surface area contributed by atoms with Crippen LogP contribution in [0, 0.1) is 0 Å². The van der Waals surface area contributed by atoms with Crippen molar-refractivity contribution in [2.45, 2.75) is 6.54 Å². The molecule has 5 nitrogen and oxygen atoms in total. The van der Waals surface area contributed by atoms with E-state index in [1.165, 1.54) is 7.11 Å². The summed E-state index contributed by atoms with van der Waals surface area (Å²) < 4.78 is 6.72. The van der Waals surface area contributed by atoms with Crippen molar-refractivity contribution in [2.24, 2.45) is 0 Å². The molecule has 1 N–H and O–H groups in total. The highest BCUT2D eigenvalue weighted by Gasteiger charge is 2.08. The first-order valence-corrected chi connectivity index (χ1v) is 5.56. The van der Waals surface area contributed by atoms with Crippen LogP contribution in [0.4, 0.5) is 0 Å². The van der Waals surface area contributed by atoms with Gasteiger partial charge in [-0.15, -0.1) is 10.2 Å². The van der Waals surface area contributed by atoms with Crippen LogP contribution in [0.5, 0.6) is 5.75 Å². The van der Waals surface area contributed by atoms with E-state index in [2.05, 4.69) is 15.6 Å². The number of benzene rings is 1. The summed E-state index contributed by atoms with van der Waals surface area (Å²) in [6, 6.07) is 3.59. The zero-order valence-electron chi connectivity index (χ0n) is 9.02. The molecule has 0 radical (unpaired) electrons. The Morgan fingerprint density at radius 2 is 1.82 bits per heavy atom. The molecule has 17 heavy (non-hydrogen) atoms. The van der Waals surface area contributed by atoms with Crippen LogP contribution in [-0.2, 0) is 6.54 Å². The summed E-state index contributed by atoms with van der Waals surface area (Å²) in [7, 11) is 1.53. The number of hydrogen-bond donors (Lipinski definition) is 1. The second-order valence-corrected chi connectivity index (χ2v) is 4.11. The average Bonchev–Trinajstić information content (AvgIpc) is 2.79. The number of nitrogens with one attached hydrogen (secondary N) is 1. The molecule has 2 aromatic rings. The molecule has 90 valence electrons. The summed E-state index contributed by atoms with van der Waals surface area (Å²) in [6.45, 7) is 0.557. The van der Waals surface area contributed by atoms with Crippen LogP contribution in [-0.4, -0.2) is 22.0 Å². The summed E-state index contributed by atoms with van der Waals surface area (Å²) in [5.41, 5.74) is 4.01. The van der Waals surface area contributed by atoms with Gasteiger partial charge in [0.15, 0.2) is 5.75 Å². The van der Waals surface area contributed by atoms with Gasteiger partial charge in [-0.05, 0) is 17.7 Å². The Labute approximate surface area is 108 Å². The lowest BCUT2D eigenvalue weighted by Gasteiger charge is -2.10. The number of nitrogens with zero attached hydrogens (tertiary/aromatic N) is 3. The molecule has 7 heteroatoms. The molecule has 0 bridgehead atoms. The SMILES string of the molecule is COc1c(Cl)cc(CNn2cnnc2)cc1Cl. The molecular formula is C10H10Cl2N4O. The minimum absolute atomic E-state index is 0.487. The zero-order valence-corrected chi connectivity index (χ0v) is 10.5. The third kappa shape index (κ3) is 2.81. The van der Waals surface area contributed by atoms with Gasteiger partial charge in [0.2, 0.25) is 0 Å². The van der Waals surface area contributed by atoms with E-state index in [4.69, 9.17) is 27.9 Å². The lowest BCUT2D eigenvalue weighted by Crippen LogP contribution is -2.12. The molecule has 0 saturated heterocycles. The first kappa shape index (κ1) is 12.0. The molecule has 0 amide bonds. The number of rotatable bonds is 4. The first-order chi connectivity index (χ1) is 8.20. The van der Waals surface area contributed by atoms with E-state index in [-0.39, 0.29) is 0 Å². The molecule has 0 aliphatic heterocycles. The fourth-order valence-corrected chi connectivity index (χ4v) is 2.06. The van der Waals surface area contributed by atoms with Gasteiger partial charge < -0.3 is 10.2 Å². The summed E-state index contributed by atoms with van der Waals surface area (Å²) >= 11 is 12.1. The van der Waals surface area contributed by atoms with Gasteiger partial charge in [-0.1, -0.05) is 23.2 Å². The second-order valence-electron chi connectivity index (χ2n) is 3.30. The topological polar surface area (TPSA) is 52.0 Å². The highest BCUT2D eigenvalue weighted by atomic mass is 35.5. The number of ether oxygens (including phenoxy) is 1. The quantitative estimate of drug-likeness (QED) is 0.928. The smallest absolute Gasteiger partial charge is 0.156 e. The number of aromatic nitrogens is 3. The Morgan fingerprint density at radius 3 is 2.35 bits per heavy atom. The van der Waals surface area contributed by atoms with Crippen molar-refractivity contribution in [3.8, 4) is 5.75 Å². The molecule has 1 aromatic heterocycles. The van der Waals surface area contributed by atoms with Gasteiger partial charge in [-0.25, -0.2) is 4.68 Å². The molecule has 1 aromatic carbocycles. The van der Waals surface area contributed by atoms with E-state index in [1.54, 1.807) is 29.5 Å². The molecule has 1 heterocycles. The fraction of sp³-hybridized carbons (Fsp3) is 0.200. The predicted molar refractivity (Wildman–Crippen MR) is 66.1 cm³/mol. The Hall–Kier alpha value is -1.46. The van der Waals surface area contributed by atoms with Crippen molar-refractivity contribution in [3.63, 3.8) is 0 Å². The van der Waals surface area contributed by atoms with E-state index in [0.717, 1.165) is 5.56 Å². The summed E-state index contributed by atoms with van der Waals surface area (Å²) in [6.07, 6.45) is 3.12. The average molecular weight is 273 g/mol. The van der Waals surface area contributed by atoms with E-state index >= 15 is 0 Å². The monoisotopic (exact) mass is 272 g/mol. The molecule has 2 rings (SSSR count). The van der Waals surface area contributed by atoms with Crippen molar-refractivity contribution in [1.29, 1.82) is 0 Å². The van der Waals surface area contributed by atoms with Gasteiger partial charge in [-0.3, -0.25) is 0 Å². The minimum atomic E-state index is 0.487. The van der Waals surface area contributed by atoms with Crippen LogP contribution in [0.2, 0.25) is 10.0 Å². The Kier molecular flexibility index (Phi) is 3.71. The lowest BCUT2D eigenvalue weighted by atomic mass is 10.2. The van der Waals surface area contributed by atoms with Crippen LogP contribution in [0.15, 0.2) is 24.8 Å². The molecule has 0 unspecified atom stereocenters. The van der Waals surface area contributed by atoms with Crippen LogP contribution < -0.4 is 10.2 Å². The summed E-state index contributed by atoms with van der Waals surface area (Å²) in [5, 5.41) is 8.32. The number of hydrogen-bond acceptors (Lipinski definition) is 4. The standard InChI is InChI=1S/C10H10Cl2N4O/c1-17-10-8(11)2-7(3-9(10)12)4-15-16-5-13-14-6-16/h2-3,5-6,15H,4H2,1H3. The number of methoxy groups -OCH3 is 1. The molecular weight excluding hydrogens is 263 g/mol. The van der Waals surface area contributed by atoms with Gasteiger partial charge in [0, 0.05) is 0 Å². The summed E-state index contributed by atoms with van der Waals surface area (Å²) in [4.78, 5) is 0. The zero-order chi connectivity index (χ0) is 12.3. The maximum atomic E-state index is 6.03. The van der Waals surface area contributed by atoms with Crippen molar-refractivity contribution in [3.05, 3.63) is 40.4 Å². The van der Waals surface area contributed by atoms with Crippen molar-refractivity contribution in [1.82, 2.24) is 14.9 Å². The van der Waals surface area contributed by atoms with Gasteiger partial charge in [0.05, 0.1) is 23.7 Å². The lowest BCUT2D eigenvalue weighted by molar-refractivity contribution is 0.415. The third-order valence-corrected chi connectivity index (χ3v) is 2.71. The highest BCUT2D eigenvalue weighted by Crippen LogP contribution is 2.33. The molecule has 0 aliphatic carbocycles. The van der Waals surface area contributed by atoms with E-state index in [1.807, 2.05) is 0 Å². The Bertz CT molecular complexity index is 478. The van der Waals surface area contributed by atoms with Crippen molar-refractivity contribution >= 4 is 23.2 Å². The predicted octanol–water partition coefficient (Wildman–Crippen LogP) is 2.34. The third-order valence-electron chi connectivity index (χ3n) is 2.15. The largest absolute Gasteiger partial charge is 0.494 e. The van der Waals surface area contributed by atoms with Gasteiger partial charge in [0.1, 0.15) is 12.7 Å². The van der Waals surface area contributed by atoms with Crippen molar-refractivity contribution < 1.29 is 4.74 Å². The van der Waals surface area contributed by atoms with E-state index in [0.29, 0.717) is 22.3 Å². The van der Waals surface area contributed by atoms with Crippen LogP contribution in [0.1, 0.15) is 5.56 Å². The Balaban J connectivity index is 2.12. The minimum Gasteiger partial charge on any atom is -0.494 e. The molecule has 0 fully saturated rings.